The molecule has 7 aliphatic rings. The van der Waals surface area contributed by atoms with Crippen LogP contribution in [0, 0.1) is 34.5 Å². The summed E-state index contributed by atoms with van der Waals surface area (Å²) in [5, 5.41) is 0. The summed E-state index contributed by atoms with van der Waals surface area (Å²) < 4.78 is 51.7. The molecular formula is C40H60N6O8S2. The molecule has 2 saturated carbocycles. The van der Waals surface area contributed by atoms with Crippen LogP contribution >= 0.6 is 0 Å². The first-order valence-corrected chi connectivity index (χ1v) is 23.8. The van der Waals surface area contributed by atoms with Crippen molar-refractivity contribution in [3.63, 3.8) is 0 Å². The lowest BCUT2D eigenvalue weighted by Gasteiger charge is -2.52. The van der Waals surface area contributed by atoms with Gasteiger partial charge in [0.05, 0.1) is 19.1 Å². The second kappa shape index (κ2) is 16.6. The van der Waals surface area contributed by atoms with Crippen molar-refractivity contribution in [3.8, 4) is 0 Å². The van der Waals surface area contributed by atoms with E-state index < -0.39 is 20.2 Å². The van der Waals surface area contributed by atoms with E-state index in [0.29, 0.717) is 42.6 Å². The highest BCUT2D eigenvalue weighted by Gasteiger charge is 2.59. The zero-order chi connectivity index (χ0) is 40.6. The molecule has 0 aromatic carbocycles. The normalized spacial score (nSPS) is 31.6. The number of nitrogens with zero attached hydrogens (tertiary/aromatic N) is 6. The highest BCUT2D eigenvalue weighted by atomic mass is 32.2. The summed E-state index contributed by atoms with van der Waals surface area (Å²) in [4.78, 5) is 46.1. The van der Waals surface area contributed by atoms with E-state index in [-0.39, 0.29) is 22.5 Å². The molecule has 3 saturated heterocycles. The van der Waals surface area contributed by atoms with Crippen molar-refractivity contribution in [1.82, 2.24) is 14.9 Å². The minimum absolute atomic E-state index is 0.0111. The smallest absolute Gasteiger partial charge is 0.261 e. The van der Waals surface area contributed by atoms with Gasteiger partial charge in [-0.2, -0.15) is 26.8 Å². The van der Waals surface area contributed by atoms with Gasteiger partial charge in [-0.1, -0.05) is 37.1 Å². The molecule has 16 heteroatoms. The first-order valence-electron chi connectivity index (χ1n) is 20.1. The van der Waals surface area contributed by atoms with Crippen LogP contribution in [0.1, 0.15) is 72.1 Å². The average molecular weight is 817 g/mol. The number of carbonyl (C=O) groups is 2. The molecule has 56 heavy (non-hydrogen) atoms. The van der Waals surface area contributed by atoms with Crippen molar-refractivity contribution >= 4 is 49.4 Å². The van der Waals surface area contributed by atoms with Gasteiger partial charge in [0.15, 0.2) is 11.6 Å². The van der Waals surface area contributed by atoms with Crippen LogP contribution in [0.4, 0.5) is 17.6 Å². The number of Topliss-reactive ketones (excluding diaryl/α,β-unsaturated/α-hetero) is 1. The standard InChI is InChI=1S/C38H52N6O2.2CH4O3S/c1-26-22-31-29-9-8-27-23-28(45)10-12-37(27,2)30(29)11-13-38(31,3)35(26)32(46)25-41-18-20-43(21-19-41)34-24-33(42-14-4-5-15-42)39-36(40-34)44-16-6-7-17-44;2*1-5(2,3)4/h10-12,23-24,26,29,31,35H,4-9,13-22,25H2,1-3H3;2*1H3,(H,2,3,4)/t26?,29-,31+,35-,37+,38+;;/m1../s1. The molecule has 0 amide bonds. The maximum atomic E-state index is 14.2. The number of hydrogen-bond donors (Lipinski definition) is 2. The van der Waals surface area contributed by atoms with Gasteiger partial charge in [-0.3, -0.25) is 23.6 Å². The summed E-state index contributed by atoms with van der Waals surface area (Å²) in [5.41, 5.74) is 2.68. The molecule has 8 rings (SSSR count). The second-order valence-electron chi connectivity index (χ2n) is 17.4. The summed E-state index contributed by atoms with van der Waals surface area (Å²) in [6.07, 6.45) is 18.8. The van der Waals surface area contributed by atoms with Crippen LogP contribution in [0.2, 0.25) is 0 Å². The van der Waals surface area contributed by atoms with Gasteiger partial charge in [0, 0.05) is 69.8 Å². The number of fused-ring (bicyclic) bond motifs is 5. The second-order valence-corrected chi connectivity index (χ2v) is 20.3. The van der Waals surface area contributed by atoms with Crippen molar-refractivity contribution in [2.24, 2.45) is 34.5 Å². The summed E-state index contributed by atoms with van der Waals surface area (Å²) in [6, 6.07) is 2.21. The lowest BCUT2D eigenvalue weighted by atomic mass is 9.52. The lowest BCUT2D eigenvalue weighted by Crippen LogP contribution is -2.51. The van der Waals surface area contributed by atoms with Crippen LogP contribution in [0.15, 0.2) is 41.5 Å². The van der Waals surface area contributed by atoms with Crippen LogP contribution < -0.4 is 14.7 Å². The first kappa shape index (κ1) is 42.4. The number of piperazine rings is 1. The molecule has 1 aromatic rings. The number of rotatable bonds is 6. The van der Waals surface area contributed by atoms with Gasteiger partial charge in [-0.05, 0) is 93.6 Å². The van der Waals surface area contributed by atoms with Crippen LogP contribution in [-0.2, 0) is 29.8 Å². The van der Waals surface area contributed by atoms with Gasteiger partial charge in [-0.25, -0.2) is 0 Å². The SMILES string of the molecule is CC1C[C@H]2[C@@H]3CCC4=CC(=O)C=C[C@]4(C)C3=CC[C@]2(C)[C@H]1C(=O)CN1CCN(c2cc(N3CCCC3)nc(N3CCCC3)n2)CC1.CS(=O)(=O)O.CS(=O)(=O)O. The number of ketones is 2. The van der Waals surface area contributed by atoms with E-state index in [0.717, 1.165) is 95.6 Å². The van der Waals surface area contributed by atoms with Gasteiger partial charge < -0.3 is 14.7 Å². The van der Waals surface area contributed by atoms with Crippen LogP contribution in [0.25, 0.3) is 0 Å². The fraction of sp³-hybridized carbons (Fsp3) is 0.700. The molecule has 0 radical (unpaired) electrons. The Labute approximate surface area is 333 Å². The van der Waals surface area contributed by atoms with E-state index in [1.165, 1.54) is 36.8 Å². The van der Waals surface area contributed by atoms with Crippen LogP contribution in [0.3, 0.4) is 0 Å². The fourth-order valence-corrected chi connectivity index (χ4v) is 10.8. The van der Waals surface area contributed by atoms with E-state index in [9.17, 15) is 26.4 Å². The van der Waals surface area contributed by atoms with Crippen molar-refractivity contribution < 1.29 is 35.5 Å². The van der Waals surface area contributed by atoms with Crippen molar-refractivity contribution in [2.45, 2.75) is 72.1 Å². The number of aromatic nitrogens is 2. The largest absolute Gasteiger partial charge is 0.356 e. The molecule has 1 unspecified atom stereocenters. The monoisotopic (exact) mass is 816 g/mol. The van der Waals surface area contributed by atoms with E-state index in [2.05, 4.69) is 58.6 Å². The Morgan fingerprint density at radius 3 is 1.96 bits per heavy atom. The molecule has 14 nitrogen and oxygen atoms in total. The molecule has 310 valence electrons. The molecule has 5 fully saturated rings. The van der Waals surface area contributed by atoms with Gasteiger partial charge in [0.2, 0.25) is 5.95 Å². The number of carbonyl (C=O) groups excluding carboxylic acids is 2. The maximum Gasteiger partial charge on any atom is 0.261 e. The molecule has 0 bridgehead atoms. The predicted octanol–water partition coefficient (Wildman–Crippen LogP) is 4.47. The molecule has 4 aliphatic carbocycles. The first-order chi connectivity index (χ1) is 26.2. The van der Waals surface area contributed by atoms with Gasteiger partial charge in [0.25, 0.3) is 20.2 Å². The van der Waals surface area contributed by atoms with Gasteiger partial charge in [0.1, 0.15) is 11.6 Å². The van der Waals surface area contributed by atoms with Gasteiger partial charge >= 0.3 is 0 Å². The lowest BCUT2D eigenvalue weighted by molar-refractivity contribution is -0.129. The zero-order valence-corrected chi connectivity index (χ0v) is 35.2. The molecule has 4 heterocycles. The molecular weight excluding hydrogens is 757 g/mol. The third kappa shape index (κ3) is 9.74. The minimum Gasteiger partial charge on any atom is -0.356 e. The van der Waals surface area contributed by atoms with Crippen molar-refractivity contribution in [2.75, 3.05) is 86.1 Å². The summed E-state index contributed by atoms with van der Waals surface area (Å²) in [6.45, 7) is 15.4. The topological polar surface area (TPSA) is 182 Å². The fourth-order valence-electron chi connectivity index (χ4n) is 10.8. The Morgan fingerprint density at radius 2 is 1.39 bits per heavy atom. The highest BCUT2D eigenvalue weighted by molar-refractivity contribution is 7.85. The molecule has 3 aliphatic heterocycles. The number of allylic oxidation sites excluding steroid dienone is 6. The highest BCUT2D eigenvalue weighted by Crippen LogP contribution is 2.65. The number of hydrogen-bond acceptors (Lipinski definition) is 12. The summed E-state index contributed by atoms with van der Waals surface area (Å²) in [7, 11) is -7.33. The summed E-state index contributed by atoms with van der Waals surface area (Å²) >= 11 is 0. The van der Waals surface area contributed by atoms with Crippen molar-refractivity contribution in [1.29, 1.82) is 0 Å². The van der Waals surface area contributed by atoms with E-state index >= 15 is 0 Å². The molecule has 6 atom stereocenters. The predicted molar refractivity (Wildman–Crippen MR) is 218 cm³/mol. The van der Waals surface area contributed by atoms with Crippen molar-refractivity contribution in [3.05, 3.63) is 41.5 Å². The maximum absolute atomic E-state index is 14.2. The van der Waals surface area contributed by atoms with E-state index in [1.54, 1.807) is 6.08 Å². The van der Waals surface area contributed by atoms with Crippen LogP contribution in [-0.4, -0.2) is 124 Å². The summed E-state index contributed by atoms with van der Waals surface area (Å²) in [5.74, 6) is 5.14. The third-order valence-electron chi connectivity index (χ3n) is 13.2. The van der Waals surface area contributed by atoms with E-state index in [1.807, 2.05) is 6.08 Å². The average Bonchev–Trinajstić information content (AvgIpc) is 3.89. The third-order valence-corrected chi connectivity index (χ3v) is 13.2. The Balaban J connectivity index is 0.000000476. The van der Waals surface area contributed by atoms with E-state index in [4.69, 9.17) is 19.1 Å². The molecule has 0 spiro atoms. The zero-order valence-electron chi connectivity index (χ0n) is 33.6. The Bertz CT molecular complexity index is 1890. The quantitative estimate of drug-likeness (QED) is 0.303. The Kier molecular flexibility index (Phi) is 12.6. The number of anilines is 3. The molecule has 2 N–H and O–H groups in total. The van der Waals surface area contributed by atoms with Crippen LogP contribution in [0.5, 0.6) is 0 Å². The molecule has 1 aromatic heterocycles. The minimum atomic E-state index is -3.67. The Hall–Kier alpha value is -3.18. The van der Waals surface area contributed by atoms with Gasteiger partial charge in [-0.15, -0.1) is 0 Å². The Morgan fingerprint density at radius 1 is 0.857 bits per heavy atom.